The number of hydrogen-bond donors (Lipinski definition) is 2. The lowest BCUT2D eigenvalue weighted by Crippen LogP contribution is -2.38. The molecule has 0 aliphatic carbocycles. The number of likely N-dealkylation sites (tertiary alicyclic amines) is 1. The molecule has 8 heteroatoms. The number of hydrogen-bond acceptors (Lipinski definition) is 8. The molecule has 38 heavy (non-hydrogen) atoms. The van der Waals surface area contributed by atoms with Gasteiger partial charge in [-0.05, 0) is 73.0 Å². The van der Waals surface area contributed by atoms with Crippen LogP contribution in [0.15, 0.2) is 66.7 Å². The van der Waals surface area contributed by atoms with Crippen LogP contribution in [-0.4, -0.2) is 66.8 Å². The third kappa shape index (κ3) is 5.98. The highest BCUT2D eigenvalue weighted by molar-refractivity contribution is 6.00. The van der Waals surface area contributed by atoms with Crippen molar-refractivity contribution in [2.45, 2.75) is 25.4 Å². The Kier molecular flexibility index (Phi) is 8.21. The predicted molar refractivity (Wildman–Crippen MR) is 149 cm³/mol. The van der Waals surface area contributed by atoms with Crippen LogP contribution < -0.4 is 19.5 Å². The molecule has 0 spiro atoms. The summed E-state index contributed by atoms with van der Waals surface area (Å²) >= 11 is 0. The number of benzene rings is 3. The molecule has 0 radical (unpaired) electrons. The van der Waals surface area contributed by atoms with Gasteiger partial charge in [-0.25, -0.2) is 0 Å². The number of aromatic nitrogens is 2. The molecular weight excluding hydrogens is 480 g/mol. The highest BCUT2D eigenvalue weighted by Crippen LogP contribution is 2.34. The fraction of sp³-hybridized carbons (Fsp3) is 0.333. The average molecular weight is 515 g/mol. The SMILES string of the molecule is COc1ccc(-c2nnc(NC3CCN(Cc4cccc(OCCO)c4)CC3)c3cc(OC)ccc23)cc1. The van der Waals surface area contributed by atoms with Gasteiger partial charge in [-0.1, -0.05) is 12.1 Å². The van der Waals surface area contributed by atoms with E-state index in [-0.39, 0.29) is 6.61 Å². The third-order valence-electron chi connectivity index (χ3n) is 6.94. The molecule has 198 valence electrons. The van der Waals surface area contributed by atoms with Gasteiger partial charge < -0.3 is 24.6 Å². The van der Waals surface area contributed by atoms with Gasteiger partial charge in [-0.3, -0.25) is 4.90 Å². The zero-order chi connectivity index (χ0) is 26.3. The first-order valence-electron chi connectivity index (χ1n) is 13.0. The topological polar surface area (TPSA) is 89.0 Å². The van der Waals surface area contributed by atoms with Crippen LogP contribution in [0.25, 0.3) is 22.0 Å². The minimum atomic E-state index is 0.0153. The van der Waals surface area contributed by atoms with Gasteiger partial charge in [0, 0.05) is 42.0 Å². The molecule has 2 N–H and O–H groups in total. The molecule has 1 aliphatic heterocycles. The van der Waals surface area contributed by atoms with Crippen molar-refractivity contribution in [3.8, 4) is 28.5 Å². The summed E-state index contributed by atoms with van der Waals surface area (Å²) in [6.45, 7) is 3.17. The number of aliphatic hydroxyl groups is 1. The van der Waals surface area contributed by atoms with Crippen molar-refractivity contribution in [2.24, 2.45) is 0 Å². The molecule has 0 bridgehead atoms. The molecule has 4 aromatic rings. The maximum atomic E-state index is 9.00. The molecule has 1 fully saturated rings. The maximum absolute atomic E-state index is 9.00. The van der Waals surface area contributed by atoms with Crippen molar-refractivity contribution in [3.05, 3.63) is 72.3 Å². The van der Waals surface area contributed by atoms with E-state index in [0.717, 1.165) is 77.6 Å². The van der Waals surface area contributed by atoms with E-state index in [2.05, 4.69) is 38.6 Å². The second-order valence-corrected chi connectivity index (χ2v) is 9.45. The Bertz CT molecular complexity index is 1350. The van der Waals surface area contributed by atoms with E-state index >= 15 is 0 Å². The minimum Gasteiger partial charge on any atom is -0.497 e. The van der Waals surface area contributed by atoms with E-state index in [9.17, 15) is 0 Å². The quantitative estimate of drug-likeness (QED) is 0.313. The number of aliphatic hydroxyl groups excluding tert-OH is 1. The van der Waals surface area contributed by atoms with Gasteiger partial charge in [0.1, 0.15) is 29.5 Å². The molecule has 0 atom stereocenters. The Balaban J connectivity index is 1.29. The van der Waals surface area contributed by atoms with Crippen LogP contribution in [0.3, 0.4) is 0 Å². The minimum absolute atomic E-state index is 0.0153. The van der Waals surface area contributed by atoms with Crippen molar-refractivity contribution in [1.29, 1.82) is 0 Å². The first kappa shape index (κ1) is 25.8. The van der Waals surface area contributed by atoms with Crippen LogP contribution in [0.1, 0.15) is 18.4 Å². The number of nitrogens with zero attached hydrogens (tertiary/aromatic N) is 3. The van der Waals surface area contributed by atoms with Gasteiger partial charge in [0.2, 0.25) is 0 Å². The van der Waals surface area contributed by atoms with E-state index in [1.54, 1.807) is 14.2 Å². The molecule has 1 saturated heterocycles. The largest absolute Gasteiger partial charge is 0.497 e. The third-order valence-corrected chi connectivity index (χ3v) is 6.94. The number of methoxy groups -OCH3 is 2. The van der Waals surface area contributed by atoms with E-state index in [1.807, 2.05) is 48.5 Å². The Hall–Kier alpha value is -3.88. The lowest BCUT2D eigenvalue weighted by molar-refractivity contribution is 0.199. The zero-order valence-electron chi connectivity index (χ0n) is 21.9. The first-order valence-corrected chi connectivity index (χ1v) is 13.0. The Morgan fingerprint density at radius 2 is 1.63 bits per heavy atom. The highest BCUT2D eigenvalue weighted by atomic mass is 16.5. The standard InChI is InChI=1S/C30H34N4O4/c1-36-24-8-6-22(7-9-24)29-27-11-10-25(37-2)19-28(27)30(33-32-29)31-23-12-14-34(15-13-23)20-21-4-3-5-26(18-21)38-17-16-35/h3-11,18-19,23,35H,12-17,20H2,1-2H3,(H,31,33). The monoisotopic (exact) mass is 514 g/mol. The normalized spacial score (nSPS) is 14.4. The summed E-state index contributed by atoms with van der Waals surface area (Å²) in [6, 6.07) is 22.3. The smallest absolute Gasteiger partial charge is 0.156 e. The predicted octanol–water partition coefficient (Wildman–Crippen LogP) is 4.76. The van der Waals surface area contributed by atoms with Crippen LogP contribution in [0.5, 0.6) is 17.2 Å². The van der Waals surface area contributed by atoms with Crippen molar-refractivity contribution in [3.63, 3.8) is 0 Å². The molecule has 0 saturated carbocycles. The summed E-state index contributed by atoms with van der Waals surface area (Å²) < 4.78 is 16.4. The summed E-state index contributed by atoms with van der Waals surface area (Å²) in [6.07, 6.45) is 2.02. The van der Waals surface area contributed by atoms with Crippen molar-refractivity contribution < 1.29 is 19.3 Å². The number of nitrogens with one attached hydrogen (secondary N) is 1. The second kappa shape index (κ2) is 12.1. The molecule has 1 aliphatic rings. The summed E-state index contributed by atoms with van der Waals surface area (Å²) in [7, 11) is 3.34. The van der Waals surface area contributed by atoms with E-state index in [1.165, 1.54) is 5.56 Å². The number of piperidine rings is 1. The van der Waals surface area contributed by atoms with Crippen LogP contribution in [0, 0.1) is 0 Å². The van der Waals surface area contributed by atoms with Gasteiger partial charge in [0.25, 0.3) is 0 Å². The fourth-order valence-electron chi connectivity index (χ4n) is 4.91. The van der Waals surface area contributed by atoms with Gasteiger partial charge >= 0.3 is 0 Å². The molecule has 1 aromatic heterocycles. The molecular formula is C30H34N4O4. The molecule has 8 nitrogen and oxygen atoms in total. The van der Waals surface area contributed by atoms with Crippen molar-refractivity contribution >= 4 is 16.6 Å². The first-order chi connectivity index (χ1) is 18.7. The van der Waals surface area contributed by atoms with Gasteiger partial charge in [0.05, 0.1) is 20.8 Å². The van der Waals surface area contributed by atoms with E-state index in [4.69, 9.17) is 19.3 Å². The molecule has 5 rings (SSSR count). The molecule has 0 unspecified atom stereocenters. The van der Waals surface area contributed by atoms with Crippen molar-refractivity contribution in [1.82, 2.24) is 15.1 Å². The number of ether oxygens (including phenoxy) is 3. The van der Waals surface area contributed by atoms with Crippen LogP contribution >= 0.6 is 0 Å². The van der Waals surface area contributed by atoms with Gasteiger partial charge in [0.15, 0.2) is 5.82 Å². The van der Waals surface area contributed by atoms with Gasteiger partial charge in [-0.15, -0.1) is 10.2 Å². The summed E-state index contributed by atoms with van der Waals surface area (Å²) in [5.41, 5.74) is 3.03. The number of anilines is 1. The fourth-order valence-corrected chi connectivity index (χ4v) is 4.91. The number of fused-ring (bicyclic) bond motifs is 1. The second-order valence-electron chi connectivity index (χ2n) is 9.45. The zero-order valence-corrected chi connectivity index (χ0v) is 21.9. The van der Waals surface area contributed by atoms with E-state index < -0.39 is 0 Å². The molecule has 3 aromatic carbocycles. The lowest BCUT2D eigenvalue weighted by Gasteiger charge is -2.32. The van der Waals surface area contributed by atoms with Gasteiger partial charge in [-0.2, -0.15) is 0 Å². The highest BCUT2D eigenvalue weighted by Gasteiger charge is 2.21. The Labute approximate surface area is 223 Å². The van der Waals surface area contributed by atoms with Crippen LogP contribution in [0.4, 0.5) is 5.82 Å². The number of rotatable bonds is 10. The van der Waals surface area contributed by atoms with Crippen LogP contribution in [0.2, 0.25) is 0 Å². The average Bonchev–Trinajstić information content (AvgIpc) is 2.97. The van der Waals surface area contributed by atoms with E-state index in [0.29, 0.717) is 12.6 Å². The lowest BCUT2D eigenvalue weighted by atomic mass is 10.0. The summed E-state index contributed by atoms with van der Waals surface area (Å²) in [4.78, 5) is 2.46. The molecule has 0 amide bonds. The Morgan fingerprint density at radius 3 is 2.37 bits per heavy atom. The Morgan fingerprint density at radius 1 is 0.868 bits per heavy atom. The van der Waals surface area contributed by atoms with Crippen molar-refractivity contribution in [2.75, 3.05) is 45.8 Å². The summed E-state index contributed by atoms with van der Waals surface area (Å²) in [5, 5.41) is 23.9. The van der Waals surface area contributed by atoms with Crippen LogP contribution in [-0.2, 0) is 6.54 Å². The molecule has 2 heterocycles. The maximum Gasteiger partial charge on any atom is 0.156 e. The summed E-state index contributed by atoms with van der Waals surface area (Å²) in [5.74, 6) is 3.17.